The van der Waals surface area contributed by atoms with Gasteiger partial charge in [0.25, 0.3) is 0 Å². The topological polar surface area (TPSA) is 81.3 Å². The number of aryl methyl sites for hydroxylation is 2. The Morgan fingerprint density at radius 3 is 2.40 bits per heavy atom. The fourth-order valence-corrected chi connectivity index (χ4v) is 2.36. The molecule has 6 heteroatoms. The maximum atomic E-state index is 9.83. The summed E-state index contributed by atoms with van der Waals surface area (Å²) >= 11 is 2.11. The number of anilines is 1. The van der Waals surface area contributed by atoms with E-state index in [1.807, 2.05) is 26.0 Å². The molecule has 0 saturated heterocycles. The fourth-order valence-electron chi connectivity index (χ4n) is 1.96. The highest BCUT2D eigenvalue weighted by molar-refractivity contribution is 14.1. The SMILES string of the molecule is COCc1nc(-c2cc(C)c(O)c(C)c2)nc(N)c1I. The molecule has 0 unspecified atom stereocenters. The zero-order valence-corrected chi connectivity index (χ0v) is 13.7. The molecule has 0 aliphatic heterocycles. The smallest absolute Gasteiger partial charge is 0.161 e. The van der Waals surface area contributed by atoms with Crippen molar-refractivity contribution < 1.29 is 9.84 Å². The summed E-state index contributed by atoms with van der Waals surface area (Å²) in [5, 5.41) is 9.83. The Kier molecular flexibility index (Phi) is 4.44. The predicted octanol–water partition coefficient (Wildman–Crippen LogP) is 2.80. The highest BCUT2D eigenvalue weighted by Gasteiger charge is 2.13. The average Bonchev–Trinajstić information content (AvgIpc) is 2.40. The number of hydrogen-bond acceptors (Lipinski definition) is 5. The molecule has 2 rings (SSSR count). The highest BCUT2D eigenvalue weighted by atomic mass is 127. The molecule has 2 aromatic rings. The van der Waals surface area contributed by atoms with Crippen LogP contribution in [0.15, 0.2) is 12.1 Å². The van der Waals surface area contributed by atoms with E-state index >= 15 is 0 Å². The number of benzene rings is 1. The predicted molar refractivity (Wildman–Crippen MR) is 86.4 cm³/mol. The van der Waals surface area contributed by atoms with Gasteiger partial charge in [0.2, 0.25) is 0 Å². The quantitative estimate of drug-likeness (QED) is 0.795. The summed E-state index contributed by atoms with van der Waals surface area (Å²) < 4.78 is 5.94. The molecule has 0 aliphatic rings. The maximum absolute atomic E-state index is 9.83. The number of nitrogens with two attached hydrogens (primary N) is 1. The Morgan fingerprint density at radius 2 is 1.85 bits per heavy atom. The highest BCUT2D eigenvalue weighted by Crippen LogP contribution is 2.29. The van der Waals surface area contributed by atoms with Crippen molar-refractivity contribution in [3.8, 4) is 17.1 Å². The molecule has 0 radical (unpaired) electrons. The molecular formula is C14H16IN3O2. The van der Waals surface area contributed by atoms with E-state index < -0.39 is 0 Å². The Bertz CT molecular complexity index is 636. The van der Waals surface area contributed by atoms with Gasteiger partial charge in [0.15, 0.2) is 5.82 Å². The van der Waals surface area contributed by atoms with Crippen LogP contribution in [0.5, 0.6) is 5.75 Å². The Hall–Kier alpha value is -1.41. The molecule has 3 N–H and O–H groups in total. The number of nitrogen functional groups attached to an aromatic ring is 1. The van der Waals surface area contributed by atoms with Crippen LogP contribution >= 0.6 is 22.6 Å². The minimum absolute atomic E-state index is 0.296. The van der Waals surface area contributed by atoms with Gasteiger partial charge in [-0.25, -0.2) is 9.97 Å². The van der Waals surface area contributed by atoms with E-state index in [9.17, 15) is 5.11 Å². The third-order valence-corrected chi connectivity index (χ3v) is 4.15. The first-order chi connectivity index (χ1) is 9.43. The van der Waals surface area contributed by atoms with Gasteiger partial charge in [-0.3, -0.25) is 0 Å². The van der Waals surface area contributed by atoms with Crippen LogP contribution in [-0.4, -0.2) is 22.2 Å². The second kappa shape index (κ2) is 5.92. The van der Waals surface area contributed by atoms with Crippen LogP contribution in [0.3, 0.4) is 0 Å². The number of ether oxygens (including phenoxy) is 1. The minimum atomic E-state index is 0.296. The number of aromatic hydroxyl groups is 1. The molecule has 0 aliphatic carbocycles. The van der Waals surface area contributed by atoms with Gasteiger partial charge in [-0.15, -0.1) is 0 Å². The van der Waals surface area contributed by atoms with Crippen LogP contribution in [0.2, 0.25) is 0 Å². The maximum Gasteiger partial charge on any atom is 0.161 e. The van der Waals surface area contributed by atoms with Crippen molar-refractivity contribution in [2.45, 2.75) is 20.5 Å². The molecule has 0 atom stereocenters. The lowest BCUT2D eigenvalue weighted by Crippen LogP contribution is -2.06. The van der Waals surface area contributed by atoms with Gasteiger partial charge in [-0.2, -0.15) is 0 Å². The minimum Gasteiger partial charge on any atom is -0.507 e. The van der Waals surface area contributed by atoms with Crippen molar-refractivity contribution in [3.05, 3.63) is 32.5 Å². The van der Waals surface area contributed by atoms with E-state index in [-0.39, 0.29) is 0 Å². The van der Waals surface area contributed by atoms with Gasteiger partial charge < -0.3 is 15.6 Å². The standard InChI is InChI=1S/C14H16IN3O2/c1-7-4-9(5-8(2)12(7)19)14-17-10(6-20-3)11(15)13(16)18-14/h4-5,19H,6H2,1-3H3,(H2,16,17,18). The lowest BCUT2D eigenvalue weighted by atomic mass is 10.1. The van der Waals surface area contributed by atoms with Crippen molar-refractivity contribution in [2.24, 2.45) is 0 Å². The molecule has 0 amide bonds. The van der Waals surface area contributed by atoms with Crippen LogP contribution in [0.4, 0.5) is 5.82 Å². The largest absolute Gasteiger partial charge is 0.507 e. The number of hydrogen-bond donors (Lipinski definition) is 2. The number of phenolic OH excluding ortho intramolecular Hbond substituents is 1. The number of phenols is 1. The first-order valence-corrected chi connectivity index (χ1v) is 7.13. The number of nitrogens with zero attached hydrogens (tertiary/aromatic N) is 2. The van der Waals surface area contributed by atoms with Crippen molar-refractivity contribution in [1.82, 2.24) is 9.97 Å². The number of halogens is 1. The molecule has 0 spiro atoms. The number of rotatable bonds is 3. The summed E-state index contributed by atoms with van der Waals surface area (Å²) in [6.07, 6.45) is 0. The summed E-state index contributed by atoms with van der Waals surface area (Å²) in [4.78, 5) is 8.82. The van der Waals surface area contributed by atoms with Crippen molar-refractivity contribution >= 4 is 28.4 Å². The normalized spacial score (nSPS) is 10.8. The van der Waals surface area contributed by atoms with Crippen LogP contribution in [0.25, 0.3) is 11.4 Å². The Labute approximate surface area is 131 Å². The van der Waals surface area contributed by atoms with E-state index in [0.717, 1.165) is 26.0 Å². The van der Waals surface area contributed by atoms with Gasteiger partial charge in [0.05, 0.1) is 15.9 Å². The van der Waals surface area contributed by atoms with Crippen LogP contribution < -0.4 is 5.73 Å². The van der Waals surface area contributed by atoms with Crippen molar-refractivity contribution in [1.29, 1.82) is 0 Å². The van der Waals surface area contributed by atoms with Gasteiger partial charge in [0.1, 0.15) is 11.6 Å². The number of aromatic nitrogens is 2. The molecule has 0 saturated carbocycles. The summed E-state index contributed by atoms with van der Waals surface area (Å²) in [5.41, 5.74) is 9.10. The molecule has 1 heterocycles. The lowest BCUT2D eigenvalue weighted by molar-refractivity contribution is 0.181. The zero-order valence-electron chi connectivity index (χ0n) is 11.6. The lowest BCUT2D eigenvalue weighted by Gasteiger charge is -2.10. The second-order valence-electron chi connectivity index (χ2n) is 4.58. The molecule has 5 nitrogen and oxygen atoms in total. The molecule has 106 valence electrons. The molecule has 1 aromatic heterocycles. The van der Waals surface area contributed by atoms with E-state index in [0.29, 0.717) is 24.0 Å². The Morgan fingerprint density at radius 1 is 1.25 bits per heavy atom. The summed E-state index contributed by atoms with van der Waals surface area (Å²) in [5.74, 6) is 1.27. The first kappa shape index (κ1) is 15.0. The van der Waals surface area contributed by atoms with E-state index in [2.05, 4.69) is 32.6 Å². The summed E-state index contributed by atoms with van der Waals surface area (Å²) in [7, 11) is 1.61. The third kappa shape index (κ3) is 2.85. The van der Waals surface area contributed by atoms with Gasteiger partial charge >= 0.3 is 0 Å². The molecular weight excluding hydrogens is 369 g/mol. The molecule has 0 fully saturated rings. The average molecular weight is 385 g/mol. The second-order valence-corrected chi connectivity index (χ2v) is 5.66. The summed E-state index contributed by atoms with van der Waals surface area (Å²) in [6.45, 7) is 4.07. The van der Waals surface area contributed by atoms with Crippen LogP contribution in [-0.2, 0) is 11.3 Å². The Balaban J connectivity index is 2.58. The van der Waals surface area contributed by atoms with E-state index in [1.54, 1.807) is 7.11 Å². The molecule has 0 bridgehead atoms. The van der Waals surface area contributed by atoms with Crippen molar-refractivity contribution in [2.75, 3.05) is 12.8 Å². The zero-order chi connectivity index (χ0) is 14.9. The third-order valence-electron chi connectivity index (χ3n) is 2.98. The van der Waals surface area contributed by atoms with E-state index in [1.165, 1.54) is 0 Å². The van der Waals surface area contributed by atoms with Gasteiger partial charge in [0, 0.05) is 12.7 Å². The molecule has 20 heavy (non-hydrogen) atoms. The van der Waals surface area contributed by atoms with E-state index in [4.69, 9.17) is 10.5 Å². The van der Waals surface area contributed by atoms with Crippen LogP contribution in [0.1, 0.15) is 16.8 Å². The fraction of sp³-hybridized carbons (Fsp3) is 0.286. The van der Waals surface area contributed by atoms with Gasteiger partial charge in [-0.05, 0) is 59.7 Å². The van der Waals surface area contributed by atoms with Crippen molar-refractivity contribution in [3.63, 3.8) is 0 Å². The van der Waals surface area contributed by atoms with Crippen LogP contribution in [0, 0.1) is 17.4 Å². The summed E-state index contributed by atoms with van der Waals surface area (Å²) in [6, 6.07) is 3.70. The first-order valence-electron chi connectivity index (χ1n) is 6.05. The van der Waals surface area contributed by atoms with Gasteiger partial charge in [-0.1, -0.05) is 0 Å². The number of methoxy groups -OCH3 is 1. The molecule has 1 aromatic carbocycles. The monoisotopic (exact) mass is 385 g/mol.